The minimum Gasteiger partial charge on any atom is -0.437 e. The fourth-order valence-electron chi connectivity index (χ4n) is 2.11. The van der Waals surface area contributed by atoms with Crippen LogP contribution in [0.15, 0.2) is 54.7 Å². The van der Waals surface area contributed by atoms with E-state index < -0.39 is 0 Å². The Kier molecular flexibility index (Phi) is 3.56. The zero-order valence-electron chi connectivity index (χ0n) is 11.2. The zero-order chi connectivity index (χ0) is 13.8. The molecule has 0 saturated carbocycles. The highest BCUT2D eigenvalue weighted by molar-refractivity contribution is 5.85. The Labute approximate surface area is 117 Å². The standard InChI is InChI=1S/C16H15N3O/c1-17-10-12-5-4-7-14(9-12)20-16-15-8-3-2-6-13(15)11-18-19-16/h2-9,11,17H,10H2,1H3. The normalized spacial score (nSPS) is 10.7. The molecule has 1 heterocycles. The van der Waals surface area contributed by atoms with Gasteiger partial charge in [-0.2, -0.15) is 5.10 Å². The highest BCUT2D eigenvalue weighted by Crippen LogP contribution is 2.27. The molecule has 20 heavy (non-hydrogen) atoms. The summed E-state index contributed by atoms with van der Waals surface area (Å²) in [5.74, 6) is 1.30. The Morgan fingerprint density at radius 1 is 1.10 bits per heavy atom. The van der Waals surface area contributed by atoms with E-state index in [4.69, 9.17) is 4.74 Å². The van der Waals surface area contributed by atoms with Gasteiger partial charge in [0.2, 0.25) is 5.88 Å². The molecule has 0 aliphatic carbocycles. The van der Waals surface area contributed by atoms with Crippen molar-refractivity contribution < 1.29 is 4.74 Å². The SMILES string of the molecule is CNCc1cccc(Oc2nncc3ccccc23)c1. The molecule has 1 aromatic heterocycles. The van der Waals surface area contributed by atoms with E-state index in [0.717, 1.165) is 28.6 Å². The molecule has 0 unspecified atom stereocenters. The Hall–Kier alpha value is -2.46. The number of fused-ring (bicyclic) bond motifs is 1. The first kappa shape index (κ1) is 12.6. The summed E-state index contributed by atoms with van der Waals surface area (Å²) in [7, 11) is 1.92. The van der Waals surface area contributed by atoms with E-state index in [1.54, 1.807) is 6.20 Å². The number of rotatable bonds is 4. The number of hydrogen-bond donors (Lipinski definition) is 1. The van der Waals surface area contributed by atoms with Gasteiger partial charge in [0.05, 0.1) is 6.20 Å². The predicted molar refractivity (Wildman–Crippen MR) is 78.8 cm³/mol. The molecule has 1 N–H and O–H groups in total. The average Bonchev–Trinajstić information content (AvgIpc) is 2.48. The maximum Gasteiger partial charge on any atom is 0.246 e. The van der Waals surface area contributed by atoms with Crippen molar-refractivity contribution in [2.24, 2.45) is 0 Å². The van der Waals surface area contributed by atoms with Crippen molar-refractivity contribution >= 4 is 10.8 Å². The molecule has 0 spiro atoms. The molecule has 0 radical (unpaired) electrons. The number of benzene rings is 2. The molecule has 100 valence electrons. The van der Waals surface area contributed by atoms with Crippen molar-refractivity contribution in [1.29, 1.82) is 0 Å². The lowest BCUT2D eigenvalue weighted by atomic mass is 10.2. The highest BCUT2D eigenvalue weighted by atomic mass is 16.5. The van der Waals surface area contributed by atoms with Gasteiger partial charge >= 0.3 is 0 Å². The number of nitrogens with one attached hydrogen (secondary N) is 1. The second-order valence-electron chi connectivity index (χ2n) is 4.52. The van der Waals surface area contributed by atoms with Crippen molar-refractivity contribution in [2.75, 3.05) is 7.05 Å². The summed E-state index contributed by atoms with van der Waals surface area (Å²) in [6.07, 6.45) is 1.74. The molecule has 2 aromatic carbocycles. The quantitative estimate of drug-likeness (QED) is 0.787. The van der Waals surface area contributed by atoms with E-state index in [-0.39, 0.29) is 0 Å². The summed E-state index contributed by atoms with van der Waals surface area (Å²) < 4.78 is 5.88. The van der Waals surface area contributed by atoms with E-state index in [2.05, 4.69) is 21.6 Å². The lowest BCUT2D eigenvalue weighted by molar-refractivity contribution is 0.461. The lowest BCUT2D eigenvalue weighted by Crippen LogP contribution is -2.04. The number of aromatic nitrogens is 2. The maximum atomic E-state index is 5.88. The van der Waals surface area contributed by atoms with Crippen LogP contribution in [0.5, 0.6) is 11.6 Å². The van der Waals surface area contributed by atoms with Gasteiger partial charge in [-0.3, -0.25) is 0 Å². The molecule has 0 atom stereocenters. The van der Waals surface area contributed by atoms with Gasteiger partial charge in [-0.25, -0.2) is 0 Å². The first-order valence-electron chi connectivity index (χ1n) is 6.48. The Bertz CT molecular complexity index is 722. The largest absolute Gasteiger partial charge is 0.437 e. The van der Waals surface area contributed by atoms with E-state index in [9.17, 15) is 0 Å². The Balaban J connectivity index is 1.95. The molecule has 0 amide bonds. The average molecular weight is 265 g/mol. The van der Waals surface area contributed by atoms with Crippen LogP contribution >= 0.6 is 0 Å². The van der Waals surface area contributed by atoms with Gasteiger partial charge in [-0.15, -0.1) is 5.10 Å². The van der Waals surface area contributed by atoms with Crippen LogP contribution in [0.1, 0.15) is 5.56 Å². The van der Waals surface area contributed by atoms with Crippen molar-refractivity contribution in [3.05, 3.63) is 60.3 Å². The maximum absolute atomic E-state index is 5.88. The molecule has 4 nitrogen and oxygen atoms in total. The highest BCUT2D eigenvalue weighted by Gasteiger charge is 2.05. The van der Waals surface area contributed by atoms with Gasteiger partial charge in [0.15, 0.2) is 0 Å². The van der Waals surface area contributed by atoms with Gasteiger partial charge in [0.25, 0.3) is 0 Å². The number of nitrogens with zero attached hydrogens (tertiary/aromatic N) is 2. The third-order valence-electron chi connectivity index (χ3n) is 3.03. The van der Waals surface area contributed by atoms with Gasteiger partial charge in [-0.1, -0.05) is 30.3 Å². The van der Waals surface area contributed by atoms with Crippen molar-refractivity contribution in [3.63, 3.8) is 0 Å². The summed E-state index contributed by atoms with van der Waals surface area (Å²) in [6, 6.07) is 15.9. The van der Waals surface area contributed by atoms with E-state index >= 15 is 0 Å². The van der Waals surface area contributed by atoms with Crippen molar-refractivity contribution in [1.82, 2.24) is 15.5 Å². The Morgan fingerprint density at radius 2 is 2.00 bits per heavy atom. The summed E-state index contributed by atoms with van der Waals surface area (Å²) in [5.41, 5.74) is 1.16. The first-order chi connectivity index (χ1) is 9.86. The molecule has 4 heteroatoms. The molecule has 0 saturated heterocycles. The first-order valence-corrected chi connectivity index (χ1v) is 6.48. The van der Waals surface area contributed by atoms with Crippen LogP contribution in [-0.2, 0) is 6.54 Å². The summed E-state index contributed by atoms with van der Waals surface area (Å²) >= 11 is 0. The van der Waals surface area contributed by atoms with Gasteiger partial charge in [0, 0.05) is 17.3 Å². The van der Waals surface area contributed by atoms with E-state index in [1.807, 2.05) is 49.5 Å². The fourth-order valence-corrected chi connectivity index (χ4v) is 2.11. The summed E-state index contributed by atoms with van der Waals surface area (Å²) in [4.78, 5) is 0. The zero-order valence-corrected chi connectivity index (χ0v) is 11.2. The second-order valence-corrected chi connectivity index (χ2v) is 4.52. The van der Waals surface area contributed by atoms with Crippen LogP contribution in [-0.4, -0.2) is 17.2 Å². The third-order valence-corrected chi connectivity index (χ3v) is 3.03. The Morgan fingerprint density at radius 3 is 2.90 bits per heavy atom. The van der Waals surface area contributed by atoms with Crippen molar-refractivity contribution in [2.45, 2.75) is 6.54 Å². The van der Waals surface area contributed by atoms with Crippen LogP contribution in [0.3, 0.4) is 0 Å². The van der Waals surface area contributed by atoms with E-state index in [1.165, 1.54) is 0 Å². The second kappa shape index (κ2) is 5.67. The summed E-state index contributed by atoms with van der Waals surface area (Å²) in [5, 5.41) is 13.2. The van der Waals surface area contributed by atoms with Crippen LogP contribution in [0, 0.1) is 0 Å². The molecule has 0 fully saturated rings. The predicted octanol–water partition coefficient (Wildman–Crippen LogP) is 3.14. The van der Waals surface area contributed by atoms with Crippen LogP contribution < -0.4 is 10.1 Å². The molecule has 3 rings (SSSR count). The fraction of sp³-hybridized carbons (Fsp3) is 0.125. The third kappa shape index (κ3) is 2.60. The van der Waals surface area contributed by atoms with E-state index in [0.29, 0.717) is 5.88 Å². The molecule has 3 aromatic rings. The monoisotopic (exact) mass is 265 g/mol. The van der Waals surface area contributed by atoms with Gasteiger partial charge < -0.3 is 10.1 Å². The number of ether oxygens (including phenoxy) is 1. The lowest BCUT2D eigenvalue weighted by Gasteiger charge is -2.08. The topological polar surface area (TPSA) is 47.0 Å². The number of hydrogen-bond acceptors (Lipinski definition) is 4. The minimum absolute atomic E-state index is 0.532. The molecule has 0 bridgehead atoms. The van der Waals surface area contributed by atoms with Crippen LogP contribution in [0.2, 0.25) is 0 Å². The van der Waals surface area contributed by atoms with Gasteiger partial charge in [0.1, 0.15) is 5.75 Å². The molecular formula is C16H15N3O. The molecule has 0 aliphatic heterocycles. The van der Waals surface area contributed by atoms with Gasteiger partial charge in [-0.05, 0) is 30.8 Å². The molecule has 0 aliphatic rings. The minimum atomic E-state index is 0.532. The smallest absolute Gasteiger partial charge is 0.246 e. The summed E-state index contributed by atoms with van der Waals surface area (Å²) in [6.45, 7) is 0.804. The van der Waals surface area contributed by atoms with Crippen LogP contribution in [0.4, 0.5) is 0 Å². The van der Waals surface area contributed by atoms with Crippen LogP contribution in [0.25, 0.3) is 10.8 Å². The van der Waals surface area contributed by atoms with Crippen molar-refractivity contribution in [3.8, 4) is 11.6 Å². The molecular weight excluding hydrogens is 250 g/mol.